The molecule has 0 fully saturated rings. The van der Waals surface area contributed by atoms with Crippen LogP contribution >= 0.6 is 23.5 Å². The molecule has 2 atom stereocenters. The summed E-state index contributed by atoms with van der Waals surface area (Å²) >= 11 is 0. The number of para-hydroxylation sites is 4. The molecule has 0 aromatic heterocycles. The Morgan fingerprint density at radius 2 is 0.972 bits per heavy atom. The Balaban J connectivity index is 1.61. The fraction of sp³-hybridized carbons (Fsp3) is 0. The number of nitrogens with zero attached hydrogens (tertiary/aromatic N) is 1. The predicted molar refractivity (Wildman–Crippen MR) is 146 cm³/mol. The lowest BCUT2D eigenvalue weighted by molar-refractivity contribution is 0.449. The molecule has 0 spiro atoms. The van der Waals surface area contributed by atoms with E-state index in [1.165, 1.54) is 0 Å². The maximum absolute atomic E-state index is 6.85. The molecular formula is C24H26N5O4P3+2. The van der Waals surface area contributed by atoms with Crippen LogP contribution in [0, 0.1) is 0 Å². The molecule has 1 aliphatic rings. The molecule has 1 aliphatic heterocycles. The van der Waals surface area contributed by atoms with Gasteiger partial charge in [-0.15, -0.1) is 5.50 Å². The fourth-order valence-corrected chi connectivity index (χ4v) is 12.6. The van der Waals surface area contributed by atoms with E-state index in [1.807, 2.05) is 72.8 Å². The minimum Gasteiger partial charge on any atom is -0.432 e. The number of benzene rings is 4. The second-order valence-corrected chi connectivity index (χ2v) is 14.4. The van der Waals surface area contributed by atoms with E-state index in [0.29, 0.717) is 23.0 Å². The average molecular weight is 541 g/mol. The lowest BCUT2D eigenvalue weighted by Gasteiger charge is -2.32. The SMILES string of the molecule is NP1(Oc2ccccc2)=N[P+](Oc2ccccc2)(Oc2ccccc2)N[P+](N)(Oc2ccccc2)N1. The monoisotopic (exact) mass is 541 g/mol. The summed E-state index contributed by atoms with van der Waals surface area (Å²) in [4.78, 5) is 6.41. The van der Waals surface area contributed by atoms with Crippen molar-refractivity contribution in [2.75, 3.05) is 0 Å². The van der Waals surface area contributed by atoms with E-state index in [0.717, 1.165) is 0 Å². The van der Waals surface area contributed by atoms with Gasteiger partial charge in [0.1, 0.15) is 5.75 Å². The van der Waals surface area contributed by atoms with Gasteiger partial charge in [-0.1, -0.05) is 72.8 Å². The Labute approximate surface area is 211 Å². The van der Waals surface area contributed by atoms with Gasteiger partial charge in [0.05, 0.1) is 4.86 Å². The molecule has 1 heterocycles. The highest BCUT2D eigenvalue weighted by atomic mass is 31.3. The topological polar surface area (TPSA) is 125 Å². The number of hydrogen-bond acceptors (Lipinski definition) is 9. The van der Waals surface area contributed by atoms with E-state index < -0.39 is 23.5 Å². The quantitative estimate of drug-likeness (QED) is 0.181. The third kappa shape index (κ3) is 6.22. The second-order valence-electron chi connectivity index (χ2n) is 7.71. The molecule has 9 nitrogen and oxygen atoms in total. The lowest BCUT2D eigenvalue weighted by atomic mass is 10.3. The van der Waals surface area contributed by atoms with Gasteiger partial charge in [0.2, 0.25) is 0 Å². The van der Waals surface area contributed by atoms with Gasteiger partial charge in [0.25, 0.3) is 0 Å². The summed E-state index contributed by atoms with van der Waals surface area (Å²) in [5, 5.41) is 0. The largest absolute Gasteiger partial charge is 0.614 e. The van der Waals surface area contributed by atoms with Crippen LogP contribution in [0.25, 0.3) is 0 Å². The van der Waals surface area contributed by atoms with E-state index in [2.05, 4.69) is 9.72 Å². The third-order valence-electron chi connectivity index (χ3n) is 4.74. The minimum absolute atomic E-state index is 0.523. The third-order valence-corrected chi connectivity index (χ3v) is 13.2. The van der Waals surface area contributed by atoms with Crippen molar-refractivity contribution in [3.63, 3.8) is 0 Å². The molecule has 12 heteroatoms. The molecule has 0 saturated carbocycles. The van der Waals surface area contributed by atoms with Crippen LogP contribution in [0.5, 0.6) is 23.0 Å². The van der Waals surface area contributed by atoms with Crippen LogP contribution in [0.3, 0.4) is 0 Å². The molecule has 2 unspecified atom stereocenters. The summed E-state index contributed by atoms with van der Waals surface area (Å²) in [5.74, 6) is 2.11. The van der Waals surface area contributed by atoms with Gasteiger partial charge >= 0.3 is 23.5 Å². The van der Waals surface area contributed by atoms with Gasteiger partial charge in [0.15, 0.2) is 17.2 Å². The molecule has 5 rings (SSSR count). The molecule has 4 aromatic carbocycles. The first-order valence-electron chi connectivity index (χ1n) is 11.0. The first kappa shape index (κ1) is 24.7. The lowest BCUT2D eigenvalue weighted by Crippen LogP contribution is -2.43. The van der Waals surface area contributed by atoms with Crippen LogP contribution in [0.2, 0.25) is 0 Å². The predicted octanol–water partition coefficient (Wildman–Crippen LogP) is 6.71. The Morgan fingerprint density at radius 1 is 0.583 bits per heavy atom. The van der Waals surface area contributed by atoms with Gasteiger partial charge in [-0.2, -0.15) is 0 Å². The highest BCUT2D eigenvalue weighted by Gasteiger charge is 2.69. The molecule has 0 saturated heterocycles. The number of rotatable bonds is 8. The maximum atomic E-state index is 6.85. The maximum Gasteiger partial charge on any atom is 0.614 e. The number of nitrogens with two attached hydrogens (primary N) is 2. The van der Waals surface area contributed by atoms with Gasteiger partial charge < -0.3 is 4.52 Å². The smallest absolute Gasteiger partial charge is 0.432 e. The van der Waals surface area contributed by atoms with Crippen molar-refractivity contribution >= 4 is 23.5 Å². The Morgan fingerprint density at radius 3 is 1.42 bits per heavy atom. The van der Waals surface area contributed by atoms with Gasteiger partial charge in [-0.05, 0) is 53.4 Å². The van der Waals surface area contributed by atoms with Crippen LogP contribution in [-0.4, -0.2) is 0 Å². The second kappa shape index (κ2) is 10.6. The van der Waals surface area contributed by atoms with Gasteiger partial charge in [0, 0.05) is 4.52 Å². The Bertz CT molecular complexity index is 1300. The molecule has 36 heavy (non-hydrogen) atoms. The first-order chi connectivity index (χ1) is 17.4. The van der Waals surface area contributed by atoms with E-state index >= 15 is 0 Å². The van der Waals surface area contributed by atoms with Crippen LogP contribution < -0.4 is 38.8 Å². The van der Waals surface area contributed by atoms with E-state index in [-0.39, 0.29) is 0 Å². The van der Waals surface area contributed by atoms with Gasteiger partial charge in [-0.3, -0.25) is 13.6 Å². The summed E-state index contributed by atoms with van der Waals surface area (Å²) in [6.45, 7) is 0. The van der Waals surface area contributed by atoms with Crippen molar-refractivity contribution in [1.29, 1.82) is 0 Å². The zero-order valence-corrected chi connectivity index (χ0v) is 21.8. The summed E-state index contributed by atoms with van der Waals surface area (Å²) in [6, 6.07) is 36.8. The number of hydrogen-bond donors (Lipinski definition) is 4. The molecule has 0 bridgehead atoms. The summed E-state index contributed by atoms with van der Waals surface area (Å²) in [5.41, 5.74) is 13.7. The first-order valence-corrected chi connectivity index (χ1v) is 16.1. The van der Waals surface area contributed by atoms with Crippen LogP contribution in [0.1, 0.15) is 0 Å². The molecule has 184 valence electrons. The van der Waals surface area contributed by atoms with Crippen molar-refractivity contribution in [3.8, 4) is 23.0 Å². The molecule has 0 amide bonds. The molecule has 0 radical (unpaired) electrons. The van der Waals surface area contributed by atoms with Crippen LogP contribution in [0.15, 0.2) is 126 Å². The highest BCUT2D eigenvalue weighted by Crippen LogP contribution is 2.75. The number of nitrogens with one attached hydrogen (secondary N) is 2. The normalized spacial score (nSPS) is 22.6. The fourth-order valence-electron chi connectivity index (χ4n) is 3.35. The van der Waals surface area contributed by atoms with Crippen molar-refractivity contribution in [3.05, 3.63) is 121 Å². The van der Waals surface area contributed by atoms with E-state index in [4.69, 9.17) is 33.6 Å². The Kier molecular flexibility index (Phi) is 7.24. The average Bonchev–Trinajstić information content (AvgIpc) is 2.85. The van der Waals surface area contributed by atoms with Crippen molar-refractivity contribution in [1.82, 2.24) is 9.72 Å². The molecular weight excluding hydrogens is 515 g/mol. The summed E-state index contributed by atoms with van der Waals surface area (Å²) in [6.07, 6.45) is 0. The minimum atomic E-state index is -3.44. The highest BCUT2D eigenvalue weighted by molar-refractivity contribution is 7.90. The summed E-state index contributed by atoms with van der Waals surface area (Å²) < 4.78 is 30.1. The standard InChI is InChI=1S/C24H26N5O4P3/c25-34(30-21-13-5-1-6-14-21)27-35(26,31-22-15-7-2-8-16-22)29-36(28-34,32-23-17-9-3-10-18-23)33-24-19-11-4-12-20-24/h1-20,27-28H,25-26H2/q+2. The zero-order chi connectivity index (χ0) is 24.9. The molecule has 0 aliphatic carbocycles. The Hall–Kier alpha value is -2.99. The van der Waals surface area contributed by atoms with Crippen LogP contribution in [0.4, 0.5) is 0 Å². The van der Waals surface area contributed by atoms with E-state index in [9.17, 15) is 0 Å². The zero-order valence-electron chi connectivity index (χ0n) is 19.1. The van der Waals surface area contributed by atoms with Gasteiger partial charge in [-0.25, -0.2) is 5.50 Å². The van der Waals surface area contributed by atoms with Crippen LogP contribution in [-0.2, 0) is 0 Å². The molecule has 6 N–H and O–H groups in total. The molecule has 4 aromatic rings. The van der Waals surface area contributed by atoms with Crippen molar-refractivity contribution in [2.24, 2.45) is 15.5 Å². The van der Waals surface area contributed by atoms with E-state index in [1.54, 1.807) is 48.5 Å². The van der Waals surface area contributed by atoms with Crippen molar-refractivity contribution < 1.29 is 18.1 Å². The summed E-state index contributed by atoms with van der Waals surface area (Å²) in [7, 11) is -10.0. The van der Waals surface area contributed by atoms with Crippen molar-refractivity contribution in [2.45, 2.75) is 0 Å².